The van der Waals surface area contributed by atoms with E-state index in [0.717, 1.165) is 23.7 Å². The molecule has 0 aliphatic carbocycles. The molecule has 0 N–H and O–H groups in total. The van der Waals surface area contributed by atoms with E-state index < -0.39 is 0 Å². The van der Waals surface area contributed by atoms with Gasteiger partial charge in [-0.05, 0) is 23.7 Å². The standard InChI is InChI=1S/C18H38/c1-7-8-9-10-11-12-16(4)13-14-17(5)18(6)15(2)3/h15-18H,7-14H2,1-6H3. The molecule has 0 aromatic heterocycles. The molecule has 0 aromatic carbocycles. The van der Waals surface area contributed by atoms with Gasteiger partial charge in [0, 0.05) is 0 Å². The number of unbranched alkanes of at least 4 members (excludes halogenated alkanes) is 4. The second kappa shape index (κ2) is 10.9. The van der Waals surface area contributed by atoms with Gasteiger partial charge in [0.25, 0.3) is 0 Å². The summed E-state index contributed by atoms with van der Waals surface area (Å²) in [6.07, 6.45) is 11.5. The fourth-order valence-corrected chi connectivity index (χ4v) is 2.71. The van der Waals surface area contributed by atoms with Gasteiger partial charge in [-0.15, -0.1) is 0 Å². The Morgan fingerprint density at radius 3 is 1.83 bits per heavy atom. The van der Waals surface area contributed by atoms with Crippen LogP contribution in [0.15, 0.2) is 0 Å². The van der Waals surface area contributed by atoms with Gasteiger partial charge < -0.3 is 0 Å². The predicted octanol–water partition coefficient (Wildman–Crippen LogP) is 6.69. The van der Waals surface area contributed by atoms with E-state index in [1.165, 1.54) is 51.4 Å². The fourth-order valence-electron chi connectivity index (χ4n) is 2.71. The van der Waals surface area contributed by atoms with Crippen molar-refractivity contribution in [1.82, 2.24) is 0 Å². The van der Waals surface area contributed by atoms with E-state index in [-0.39, 0.29) is 0 Å². The van der Waals surface area contributed by atoms with Gasteiger partial charge in [0.1, 0.15) is 0 Å². The lowest BCUT2D eigenvalue weighted by Gasteiger charge is -2.24. The molecule has 0 saturated carbocycles. The molecule has 0 heterocycles. The first kappa shape index (κ1) is 18.0. The lowest BCUT2D eigenvalue weighted by atomic mass is 9.82. The second-order valence-corrected chi connectivity index (χ2v) is 6.97. The molecular formula is C18H38. The first-order valence-electron chi connectivity index (χ1n) is 8.49. The summed E-state index contributed by atoms with van der Waals surface area (Å²) in [6.45, 7) is 14.3. The average Bonchev–Trinajstić information content (AvgIpc) is 2.34. The molecule has 110 valence electrons. The summed E-state index contributed by atoms with van der Waals surface area (Å²) in [4.78, 5) is 0. The molecule has 0 aromatic rings. The van der Waals surface area contributed by atoms with E-state index in [1.807, 2.05) is 0 Å². The van der Waals surface area contributed by atoms with E-state index in [9.17, 15) is 0 Å². The van der Waals surface area contributed by atoms with Crippen LogP contribution in [0.25, 0.3) is 0 Å². The molecule has 18 heavy (non-hydrogen) atoms. The first-order chi connectivity index (χ1) is 8.49. The average molecular weight is 255 g/mol. The summed E-state index contributed by atoms with van der Waals surface area (Å²) in [7, 11) is 0. The van der Waals surface area contributed by atoms with Gasteiger partial charge in [0.2, 0.25) is 0 Å². The molecular weight excluding hydrogens is 216 g/mol. The van der Waals surface area contributed by atoms with E-state index in [0.29, 0.717) is 0 Å². The molecule has 3 unspecified atom stereocenters. The van der Waals surface area contributed by atoms with Gasteiger partial charge in [-0.3, -0.25) is 0 Å². The molecule has 0 aliphatic rings. The Labute approximate surface area is 117 Å². The minimum absolute atomic E-state index is 0.837. The van der Waals surface area contributed by atoms with Crippen LogP contribution in [-0.4, -0.2) is 0 Å². The third kappa shape index (κ3) is 9.00. The van der Waals surface area contributed by atoms with Crippen molar-refractivity contribution in [1.29, 1.82) is 0 Å². The summed E-state index contributed by atoms with van der Waals surface area (Å²) in [5.41, 5.74) is 0. The minimum Gasteiger partial charge on any atom is -0.0654 e. The summed E-state index contributed by atoms with van der Waals surface area (Å²) in [5, 5.41) is 0. The van der Waals surface area contributed by atoms with Gasteiger partial charge in [0.05, 0.1) is 0 Å². The minimum atomic E-state index is 0.837. The molecule has 0 heteroatoms. The molecule has 3 atom stereocenters. The van der Waals surface area contributed by atoms with Gasteiger partial charge in [-0.2, -0.15) is 0 Å². The third-order valence-corrected chi connectivity index (χ3v) is 4.86. The lowest BCUT2D eigenvalue weighted by Crippen LogP contribution is -2.15. The molecule has 0 rings (SSSR count). The van der Waals surface area contributed by atoms with Crippen LogP contribution in [0, 0.1) is 23.7 Å². The highest BCUT2D eigenvalue weighted by Gasteiger charge is 2.16. The van der Waals surface area contributed by atoms with Gasteiger partial charge in [-0.25, -0.2) is 0 Å². The zero-order valence-electron chi connectivity index (χ0n) is 14.0. The maximum Gasteiger partial charge on any atom is -0.0394 e. The van der Waals surface area contributed by atoms with E-state index in [1.54, 1.807) is 0 Å². The number of hydrogen-bond donors (Lipinski definition) is 0. The zero-order valence-corrected chi connectivity index (χ0v) is 14.0. The summed E-state index contributed by atoms with van der Waals surface area (Å²) in [5.74, 6) is 3.55. The van der Waals surface area contributed by atoms with Crippen molar-refractivity contribution < 1.29 is 0 Å². The van der Waals surface area contributed by atoms with Crippen LogP contribution in [0.1, 0.15) is 92.9 Å². The van der Waals surface area contributed by atoms with E-state index in [4.69, 9.17) is 0 Å². The highest BCUT2D eigenvalue weighted by Crippen LogP contribution is 2.26. The number of rotatable bonds is 11. The Morgan fingerprint density at radius 1 is 0.667 bits per heavy atom. The summed E-state index contributed by atoms with van der Waals surface area (Å²) in [6, 6.07) is 0. The van der Waals surface area contributed by atoms with Gasteiger partial charge in [-0.1, -0.05) is 92.9 Å². The van der Waals surface area contributed by atoms with Crippen molar-refractivity contribution in [2.45, 2.75) is 92.9 Å². The maximum atomic E-state index is 2.45. The number of hydrogen-bond acceptors (Lipinski definition) is 0. The third-order valence-electron chi connectivity index (χ3n) is 4.86. The van der Waals surface area contributed by atoms with E-state index in [2.05, 4.69) is 41.5 Å². The Morgan fingerprint density at radius 2 is 1.28 bits per heavy atom. The Bertz CT molecular complexity index is 171. The molecule has 0 radical (unpaired) electrons. The first-order valence-corrected chi connectivity index (χ1v) is 8.49. The van der Waals surface area contributed by atoms with Crippen LogP contribution in [0.3, 0.4) is 0 Å². The highest BCUT2D eigenvalue weighted by molar-refractivity contribution is 4.67. The normalized spacial score (nSPS) is 16.8. The quantitative estimate of drug-likeness (QED) is 0.360. The van der Waals surface area contributed by atoms with Gasteiger partial charge in [0.15, 0.2) is 0 Å². The van der Waals surface area contributed by atoms with Crippen LogP contribution in [0.5, 0.6) is 0 Å². The van der Waals surface area contributed by atoms with Crippen molar-refractivity contribution in [3.05, 3.63) is 0 Å². The molecule has 0 nitrogen and oxygen atoms in total. The SMILES string of the molecule is CCCCCCCC(C)CCC(C)C(C)C(C)C. The Hall–Kier alpha value is 0. The zero-order chi connectivity index (χ0) is 14.0. The van der Waals surface area contributed by atoms with Crippen molar-refractivity contribution in [3.63, 3.8) is 0 Å². The van der Waals surface area contributed by atoms with E-state index >= 15 is 0 Å². The van der Waals surface area contributed by atoms with Crippen LogP contribution in [0.4, 0.5) is 0 Å². The molecule has 0 fully saturated rings. The van der Waals surface area contributed by atoms with Crippen LogP contribution >= 0.6 is 0 Å². The monoisotopic (exact) mass is 254 g/mol. The van der Waals surface area contributed by atoms with Crippen LogP contribution in [0.2, 0.25) is 0 Å². The predicted molar refractivity (Wildman–Crippen MR) is 84.9 cm³/mol. The summed E-state index contributed by atoms with van der Waals surface area (Å²) >= 11 is 0. The molecule has 0 saturated heterocycles. The summed E-state index contributed by atoms with van der Waals surface area (Å²) < 4.78 is 0. The topological polar surface area (TPSA) is 0 Å². The van der Waals surface area contributed by atoms with Crippen molar-refractivity contribution in [2.24, 2.45) is 23.7 Å². The highest BCUT2D eigenvalue weighted by atomic mass is 14.2. The Kier molecular flexibility index (Phi) is 10.9. The van der Waals surface area contributed by atoms with Crippen molar-refractivity contribution >= 4 is 0 Å². The fraction of sp³-hybridized carbons (Fsp3) is 1.00. The molecule has 0 amide bonds. The van der Waals surface area contributed by atoms with Crippen molar-refractivity contribution in [2.75, 3.05) is 0 Å². The molecule has 0 bridgehead atoms. The molecule has 0 spiro atoms. The largest absolute Gasteiger partial charge is 0.0654 e. The Balaban J connectivity index is 3.54. The van der Waals surface area contributed by atoms with Crippen LogP contribution in [-0.2, 0) is 0 Å². The molecule has 0 aliphatic heterocycles. The van der Waals surface area contributed by atoms with Crippen LogP contribution < -0.4 is 0 Å². The van der Waals surface area contributed by atoms with Gasteiger partial charge >= 0.3 is 0 Å². The van der Waals surface area contributed by atoms with Crippen molar-refractivity contribution in [3.8, 4) is 0 Å². The lowest BCUT2D eigenvalue weighted by molar-refractivity contribution is 0.262. The smallest absolute Gasteiger partial charge is 0.0394 e. The second-order valence-electron chi connectivity index (χ2n) is 6.97. The maximum absolute atomic E-state index is 2.45.